The molecule has 0 amide bonds. The molecule has 0 aliphatic carbocycles. The Labute approximate surface area is 156 Å². The van der Waals surface area contributed by atoms with Gasteiger partial charge in [-0.05, 0) is 44.5 Å². The molecular formula is C16H29IN4O2. The summed E-state index contributed by atoms with van der Waals surface area (Å²) in [5, 5.41) is 6.72. The van der Waals surface area contributed by atoms with Crippen LogP contribution in [-0.4, -0.2) is 57.7 Å². The van der Waals surface area contributed by atoms with E-state index >= 15 is 0 Å². The van der Waals surface area contributed by atoms with Crippen LogP contribution in [0.3, 0.4) is 0 Å². The number of nitrogens with zero attached hydrogens (tertiary/aromatic N) is 2. The molecule has 23 heavy (non-hydrogen) atoms. The highest BCUT2D eigenvalue weighted by atomic mass is 127. The summed E-state index contributed by atoms with van der Waals surface area (Å²) in [6.45, 7) is 5.45. The zero-order chi connectivity index (χ0) is 15.6. The van der Waals surface area contributed by atoms with Crippen molar-refractivity contribution in [3.05, 3.63) is 24.2 Å². The topological polar surface area (TPSA) is 62.0 Å². The van der Waals surface area contributed by atoms with Crippen molar-refractivity contribution in [1.29, 1.82) is 0 Å². The molecule has 0 aromatic carbocycles. The molecule has 1 aliphatic rings. The molecule has 1 atom stereocenters. The van der Waals surface area contributed by atoms with Crippen LogP contribution >= 0.6 is 24.0 Å². The smallest absolute Gasteiger partial charge is 0.190 e. The maximum atomic E-state index is 5.55. The van der Waals surface area contributed by atoms with Crippen molar-refractivity contribution in [1.82, 2.24) is 15.5 Å². The molecule has 1 aromatic rings. The molecule has 2 N–H and O–H groups in total. The van der Waals surface area contributed by atoms with Crippen molar-refractivity contribution in [3.63, 3.8) is 0 Å². The fraction of sp³-hybridized carbons (Fsp3) is 0.688. The molecule has 1 fully saturated rings. The van der Waals surface area contributed by atoms with Crippen molar-refractivity contribution in [2.45, 2.75) is 19.4 Å². The molecule has 6 nitrogen and oxygen atoms in total. The van der Waals surface area contributed by atoms with E-state index in [2.05, 4.69) is 27.6 Å². The van der Waals surface area contributed by atoms with E-state index in [1.165, 1.54) is 19.5 Å². The van der Waals surface area contributed by atoms with Crippen LogP contribution in [-0.2, 0) is 11.3 Å². The molecule has 132 valence electrons. The van der Waals surface area contributed by atoms with Crippen LogP contribution in [0.15, 0.2) is 27.8 Å². The second-order valence-corrected chi connectivity index (χ2v) is 5.78. The first kappa shape index (κ1) is 20.2. The summed E-state index contributed by atoms with van der Waals surface area (Å²) in [5.41, 5.74) is 0. The molecule has 0 spiro atoms. The highest BCUT2D eigenvalue weighted by Gasteiger charge is 2.19. The summed E-state index contributed by atoms with van der Waals surface area (Å²) in [5.74, 6) is 2.47. The Morgan fingerprint density at radius 3 is 3.00 bits per heavy atom. The van der Waals surface area contributed by atoms with E-state index < -0.39 is 0 Å². The van der Waals surface area contributed by atoms with Gasteiger partial charge in [0, 0.05) is 33.3 Å². The standard InChI is InChI=1S/C16H28N4O2.HI/c1-17-16(19-11-14-6-8-20(2)12-14)18-7-4-9-21-13-15-5-3-10-22-15;/h3,5,10,14H,4,6-9,11-13H2,1-2H3,(H2,17,18,19);1H. The van der Waals surface area contributed by atoms with Crippen LogP contribution in [0.4, 0.5) is 0 Å². The van der Waals surface area contributed by atoms with Crippen LogP contribution in [0.25, 0.3) is 0 Å². The number of nitrogens with one attached hydrogen (secondary N) is 2. The van der Waals surface area contributed by atoms with Gasteiger partial charge in [-0.2, -0.15) is 0 Å². The molecule has 2 heterocycles. The Balaban J connectivity index is 0.00000264. The zero-order valence-corrected chi connectivity index (χ0v) is 16.4. The highest BCUT2D eigenvalue weighted by molar-refractivity contribution is 14.0. The number of rotatable bonds is 8. The van der Waals surface area contributed by atoms with Crippen molar-refractivity contribution in [2.75, 3.05) is 46.9 Å². The van der Waals surface area contributed by atoms with E-state index in [1.807, 2.05) is 19.2 Å². The average Bonchev–Trinajstić information content (AvgIpc) is 3.17. The first-order valence-electron chi connectivity index (χ1n) is 8.01. The van der Waals surface area contributed by atoms with Crippen LogP contribution in [0, 0.1) is 5.92 Å². The second kappa shape index (κ2) is 11.7. The Bertz CT molecular complexity index is 439. The fourth-order valence-corrected chi connectivity index (χ4v) is 2.60. The molecule has 0 radical (unpaired) electrons. The third kappa shape index (κ3) is 8.03. The van der Waals surface area contributed by atoms with Gasteiger partial charge in [0.1, 0.15) is 12.4 Å². The number of halogens is 1. The van der Waals surface area contributed by atoms with E-state index in [-0.39, 0.29) is 24.0 Å². The van der Waals surface area contributed by atoms with Gasteiger partial charge in [0.2, 0.25) is 0 Å². The third-order valence-corrected chi connectivity index (χ3v) is 3.85. The lowest BCUT2D eigenvalue weighted by molar-refractivity contribution is 0.105. The van der Waals surface area contributed by atoms with E-state index in [9.17, 15) is 0 Å². The van der Waals surface area contributed by atoms with Gasteiger partial charge >= 0.3 is 0 Å². The van der Waals surface area contributed by atoms with Crippen LogP contribution in [0.1, 0.15) is 18.6 Å². The predicted molar refractivity (Wildman–Crippen MR) is 103 cm³/mol. The number of aliphatic imine (C=N–C) groups is 1. The summed E-state index contributed by atoms with van der Waals surface area (Å²) in [6.07, 6.45) is 3.87. The molecule has 2 rings (SSSR count). The van der Waals surface area contributed by atoms with Gasteiger partial charge in [-0.1, -0.05) is 0 Å². The van der Waals surface area contributed by atoms with Gasteiger partial charge in [-0.15, -0.1) is 24.0 Å². The summed E-state index contributed by atoms with van der Waals surface area (Å²) in [7, 11) is 3.99. The summed E-state index contributed by atoms with van der Waals surface area (Å²) < 4.78 is 10.8. The third-order valence-electron chi connectivity index (χ3n) is 3.85. The number of hydrogen-bond acceptors (Lipinski definition) is 4. The Morgan fingerprint density at radius 2 is 2.35 bits per heavy atom. The number of guanidine groups is 1. The molecule has 0 bridgehead atoms. The van der Waals surface area contributed by atoms with Gasteiger partial charge in [0.15, 0.2) is 5.96 Å². The number of furan rings is 1. The first-order valence-corrected chi connectivity index (χ1v) is 8.01. The Hall–Kier alpha value is -0.800. The summed E-state index contributed by atoms with van der Waals surface area (Å²) >= 11 is 0. The molecule has 0 saturated carbocycles. The molecule has 1 aromatic heterocycles. The lowest BCUT2D eigenvalue weighted by Gasteiger charge is -2.15. The van der Waals surface area contributed by atoms with E-state index in [0.29, 0.717) is 13.2 Å². The van der Waals surface area contributed by atoms with Crippen molar-refractivity contribution >= 4 is 29.9 Å². The minimum atomic E-state index is 0. The lowest BCUT2D eigenvalue weighted by atomic mass is 10.1. The van der Waals surface area contributed by atoms with Crippen molar-refractivity contribution in [3.8, 4) is 0 Å². The molecule has 7 heteroatoms. The fourth-order valence-electron chi connectivity index (χ4n) is 2.60. The maximum Gasteiger partial charge on any atom is 0.190 e. The molecule has 1 saturated heterocycles. The summed E-state index contributed by atoms with van der Waals surface area (Å²) in [6, 6.07) is 3.79. The van der Waals surface area contributed by atoms with Crippen LogP contribution in [0.5, 0.6) is 0 Å². The van der Waals surface area contributed by atoms with Gasteiger partial charge in [-0.3, -0.25) is 4.99 Å². The molecular weight excluding hydrogens is 407 g/mol. The van der Waals surface area contributed by atoms with E-state index in [1.54, 1.807) is 6.26 Å². The minimum Gasteiger partial charge on any atom is -0.467 e. The minimum absolute atomic E-state index is 0. The van der Waals surface area contributed by atoms with Gasteiger partial charge in [0.05, 0.1) is 6.26 Å². The first-order chi connectivity index (χ1) is 10.8. The second-order valence-electron chi connectivity index (χ2n) is 5.78. The van der Waals surface area contributed by atoms with E-state index in [4.69, 9.17) is 9.15 Å². The largest absolute Gasteiger partial charge is 0.467 e. The van der Waals surface area contributed by atoms with Gasteiger partial charge in [0.25, 0.3) is 0 Å². The summed E-state index contributed by atoms with van der Waals surface area (Å²) in [4.78, 5) is 6.63. The normalized spacial score (nSPS) is 18.7. The maximum absolute atomic E-state index is 5.55. The Kier molecular flexibility index (Phi) is 10.3. The number of likely N-dealkylation sites (tertiary alicyclic amines) is 1. The molecule has 1 aliphatic heterocycles. The quantitative estimate of drug-likeness (QED) is 0.282. The Morgan fingerprint density at radius 1 is 1.48 bits per heavy atom. The highest BCUT2D eigenvalue weighted by Crippen LogP contribution is 2.12. The number of hydrogen-bond donors (Lipinski definition) is 2. The van der Waals surface area contributed by atoms with Crippen LogP contribution < -0.4 is 10.6 Å². The SMILES string of the molecule is CN=C(NCCCOCc1ccco1)NCC1CCN(C)C1.I. The van der Waals surface area contributed by atoms with Gasteiger partial charge in [-0.25, -0.2) is 0 Å². The van der Waals surface area contributed by atoms with E-state index in [0.717, 1.165) is 37.1 Å². The molecule has 1 unspecified atom stereocenters. The average molecular weight is 436 g/mol. The zero-order valence-electron chi connectivity index (χ0n) is 14.1. The van der Waals surface area contributed by atoms with Crippen LogP contribution in [0.2, 0.25) is 0 Å². The number of ether oxygens (including phenoxy) is 1. The van der Waals surface area contributed by atoms with Gasteiger partial charge < -0.3 is 24.7 Å². The van der Waals surface area contributed by atoms with Crippen molar-refractivity contribution < 1.29 is 9.15 Å². The lowest BCUT2D eigenvalue weighted by Crippen LogP contribution is -2.40. The monoisotopic (exact) mass is 436 g/mol. The predicted octanol–water partition coefficient (Wildman–Crippen LogP) is 1.92. The van der Waals surface area contributed by atoms with Crippen molar-refractivity contribution in [2.24, 2.45) is 10.9 Å².